The molecule has 2 fully saturated rings. The van der Waals surface area contributed by atoms with Crippen LogP contribution in [0.15, 0.2) is 78.9 Å². The Kier molecular flexibility index (Phi) is 9.14. The van der Waals surface area contributed by atoms with Crippen molar-refractivity contribution >= 4 is 29.7 Å². The topological polar surface area (TPSA) is 106 Å². The van der Waals surface area contributed by atoms with E-state index in [1.165, 1.54) is 10.6 Å². The number of benzene rings is 3. The van der Waals surface area contributed by atoms with Crippen LogP contribution in [0.3, 0.4) is 0 Å². The molecule has 3 aromatic carbocycles. The second-order valence-electron chi connectivity index (χ2n) is 10.6. The van der Waals surface area contributed by atoms with Crippen LogP contribution in [-0.4, -0.2) is 81.7 Å². The van der Waals surface area contributed by atoms with E-state index in [2.05, 4.69) is 17.4 Å². The van der Waals surface area contributed by atoms with Gasteiger partial charge in [0.1, 0.15) is 35.6 Å². The maximum absolute atomic E-state index is 13.9. The predicted octanol–water partition coefficient (Wildman–Crippen LogP) is 3.54. The average molecular weight is 592 g/mol. The van der Waals surface area contributed by atoms with Gasteiger partial charge in [-0.15, -0.1) is 0 Å². The fourth-order valence-corrected chi connectivity index (χ4v) is 5.70. The van der Waals surface area contributed by atoms with Crippen LogP contribution in [0.25, 0.3) is 0 Å². The number of likely N-dealkylation sites (N-methyl/N-ethyl adjacent to an activating group) is 1. The Bertz CT molecular complexity index is 1390. The molecule has 2 heterocycles. The van der Waals surface area contributed by atoms with Gasteiger partial charge in [-0.05, 0) is 53.8 Å². The number of hydrogen-bond acceptors (Lipinski definition) is 6. The number of piperazine rings is 1. The Morgan fingerprint density at radius 2 is 1.67 bits per heavy atom. The van der Waals surface area contributed by atoms with E-state index < -0.39 is 12.2 Å². The monoisotopic (exact) mass is 591 g/mol. The van der Waals surface area contributed by atoms with Crippen molar-refractivity contribution in [2.24, 2.45) is 0 Å². The van der Waals surface area contributed by atoms with E-state index in [0.29, 0.717) is 12.3 Å². The van der Waals surface area contributed by atoms with Crippen LogP contribution in [-0.2, 0) is 29.0 Å². The standard InChI is InChI=1S/C31H34ClN5O5/c1-34-21-29(39)36-27(18-23-9-13-25(38)14-10-23)30(40)35(17-5-8-22-6-3-2-4-7-22)20-28(36)37(34)31(41)33-19-24-11-15-26(42-32)16-12-24/h2-4,6-7,9-16,27-28,38H,5,8,17-21H2,1H3,(H,33,41)/t27-,28-/m0/s1. The molecule has 5 rings (SSSR count). The van der Waals surface area contributed by atoms with E-state index in [-0.39, 0.29) is 49.7 Å². The number of fused-ring (bicyclic) bond motifs is 1. The highest BCUT2D eigenvalue weighted by atomic mass is 35.5. The number of carbonyl (C=O) groups excluding carboxylic acids is 3. The van der Waals surface area contributed by atoms with Crippen LogP contribution in [0.2, 0.25) is 0 Å². The number of carbonyl (C=O) groups is 3. The van der Waals surface area contributed by atoms with Crippen molar-refractivity contribution in [3.05, 3.63) is 95.6 Å². The van der Waals surface area contributed by atoms with E-state index in [4.69, 9.17) is 16.2 Å². The Balaban J connectivity index is 1.37. The van der Waals surface area contributed by atoms with Gasteiger partial charge in [0.05, 0.1) is 13.1 Å². The molecule has 10 nitrogen and oxygen atoms in total. The second-order valence-corrected chi connectivity index (χ2v) is 10.7. The zero-order valence-corrected chi connectivity index (χ0v) is 24.1. The van der Waals surface area contributed by atoms with E-state index >= 15 is 0 Å². The van der Waals surface area contributed by atoms with Gasteiger partial charge in [-0.1, -0.05) is 54.6 Å². The molecule has 2 atom stereocenters. The van der Waals surface area contributed by atoms with Gasteiger partial charge in [-0.2, -0.15) is 0 Å². The third kappa shape index (κ3) is 6.61. The third-order valence-electron chi connectivity index (χ3n) is 7.71. The largest absolute Gasteiger partial charge is 0.508 e. The fraction of sp³-hybridized carbons (Fsp3) is 0.323. The molecule has 0 bridgehead atoms. The van der Waals surface area contributed by atoms with Crippen LogP contribution < -0.4 is 9.61 Å². The van der Waals surface area contributed by atoms with Crippen LogP contribution in [0.5, 0.6) is 11.5 Å². The summed E-state index contributed by atoms with van der Waals surface area (Å²) >= 11 is 5.40. The number of rotatable bonds is 9. The number of nitrogens with one attached hydrogen (secondary N) is 1. The highest BCUT2D eigenvalue weighted by molar-refractivity contribution is 6.09. The van der Waals surface area contributed by atoms with Crippen molar-refractivity contribution in [3.63, 3.8) is 0 Å². The summed E-state index contributed by atoms with van der Waals surface area (Å²) in [4.78, 5) is 44.3. The maximum Gasteiger partial charge on any atom is 0.334 e. The fourth-order valence-electron chi connectivity index (χ4n) is 5.60. The summed E-state index contributed by atoms with van der Waals surface area (Å²) in [5.41, 5.74) is 2.84. The number of hydrazine groups is 1. The van der Waals surface area contributed by atoms with Crippen LogP contribution in [0.4, 0.5) is 4.79 Å². The lowest BCUT2D eigenvalue weighted by atomic mass is 9.98. The average Bonchev–Trinajstić information content (AvgIpc) is 2.99. The molecule has 42 heavy (non-hydrogen) atoms. The SMILES string of the molecule is CN1CC(=O)N2[C@@H](Cc3ccc(O)cc3)C(=O)N(CCCc3ccccc3)C[C@@H]2N1C(=O)NCc1ccc(OCl)cc1. The summed E-state index contributed by atoms with van der Waals surface area (Å²) in [6.07, 6.45) is 1.13. The van der Waals surface area contributed by atoms with Gasteiger partial charge in [0, 0.05) is 26.6 Å². The molecule has 0 saturated carbocycles. The first-order valence-corrected chi connectivity index (χ1v) is 14.2. The number of halogens is 1. The van der Waals surface area contributed by atoms with Gasteiger partial charge in [0.2, 0.25) is 11.8 Å². The summed E-state index contributed by atoms with van der Waals surface area (Å²) in [5.74, 6) is 0.254. The van der Waals surface area contributed by atoms with Crippen molar-refractivity contribution < 1.29 is 23.8 Å². The number of urea groups is 1. The van der Waals surface area contributed by atoms with Crippen molar-refractivity contribution in [2.75, 3.05) is 26.7 Å². The number of aryl methyl sites for hydroxylation is 1. The number of aromatic hydroxyl groups is 1. The zero-order valence-electron chi connectivity index (χ0n) is 23.4. The van der Waals surface area contributed by atoms with Gasteiger partial charge in [-0.3, -0.25) is 9.59 Å². The lowest BCUT2D eigenvalue weighted by Crippen LogP contribution is -2.76. The summed E-state index contributed by atoms with van der Waals surface area (Å²) in [6, 6.07) is 22.5. The smallest absolute Gasteiger partial charge is 0.334 e. The number of phenols is 1. The Morgan fingerprint density at radius 1 is 0.976 bits per heavy atom. The molecule has 0 unspecified atom stereocenters. The summed E-state index contributed by atoms with van der Waals surface area (Å²) in [7, 11) is 1.70. The number of amides is 4. The van der Waals surface area contributed by atoms with Gasteiger partial charge >= 0.3 is 6.03 Å². The van der Waals surface area contributed by atoms with E-state index in [0.717, 1.165) is 24.0 Å². The predicted molar refractivity (Wildman–Crippen MR) is 157 cm³/mol. The summed E-state index contributed by atoms with van der Waals surface area (Å²) < 4.78 is 4.69. The first-order chi connectivity index (χ1) is 20.3. The minimum Gasteiger partial charge on any atom is -0.508 e. The first kappa shape index (κ1) is 29.2. The Hall–Kier alpha value is -4.28. The molecule has 0 aliphatic carbocycles. The minimum absolute atomic E-state index is 0.0426. The highest BCUT2D eigenvalue weighted by Gasteiger charge is 2.50. The second kappa shape index (κ2) is 13.1. The Labute approximate surface area is 250 Å². The minimum atomic E-state index is -0.787. The quantitative estimate of drug-likeness (QED) is 0.394. The molecule has 0 radical (unpaired) electrons. The van der Waals surface area contributed by atoms with Crippen LogP contribution in [0.1, 0.15) is 23.1 Å². The van der Waals surface area contributed by atoms with Crippen molar-refractivity contribution in [1.29, 1.82) is 0 Å². The molecule has 2 saturated heterocycles. The molecular formula is C31H34ClN5O5. The van der Waals surface area contributed by atoms with Crippen molar-refractivity contribution in [2.45, 2.75) is 38.0 Å². The van der Waals surface area contributed by atoms with Gasteiger partial charge in [-0.25, -0.2) is 14.8 Å². The molecular weight excluding hydrogens is 558 g/mol. The molecule has 2 aliphatic rings. The highest BCUT2D eigenvalue weighted by Crippen LogP contribution is 2.28. The lowest BCUT2D eigenvalue weighted by molar-refractivity contribution is -0.186. The summed E-state index contributed by atoms with van der Waals surface area (Å²) in [6.45, 7) is 0.902. The van der Waals surface area contributed by atoms with Crippen molar-refractivity contribution in [3.8, 4) is 11.5 Å². The maximum atomic E-state index is 13.9. The normalized spacial score (nSPS) is 19.0. The van der Waals surface area contributed by atoms with Crippen molar-refractivity contribution in [1.82, 2.24) is 25.1 Å². The lowest BCUT2D eigenvalue weighted by Gasteiger charge is -2.54. The molecule has 0 spiro atoms. The summed E-state index contributed by atoms with van der Waals surface area (Å²) in [5, 5.41) is 15.9. The van der Waals surface area contributed by atoms with Gasteiger partial charge < -0.3 is 24.5 Å². The van der Waals surface area contributed by atoms with Gasteiger partial charge in [0.25, 0.3) is 0 Å². The van der Waals surface area contributed by atoms with E-state index in [9.17, 15) is 19.5 Å². The molecule has 11 heteroatoms. The number of nitrogens with zero attached hydrogens (tertiary/aromatic N) is 4. The zero-order chi connectivity index (χ0) is 29.6. The molecule has 0 aromatic heterocycles. The molecule has 2 N–H and O–H groups in total. The molecule has 4 amide bonds. The van der Waals surface area contributed by atoms with Gasteiger partial charge in [0.15, 0.2) is 0 Å². The van der Waals surface area contributed by atoms with Crippen LogP contribution >= 0.6 is 11.9 Å². The number of hydrogen-bond donors (Lipinski definition) is 2. The molecule has 220 valence electrons. The molecule has 2 aliphatic heterocycles. The molecule has 3 aromatic rings. The van der Waals surface area contributed by atoms with E-state index in [1.807, 2.05) is 18.2 Å². The number of phenolic OH excluding ortho intramolecular Hbond substituents is 1. The Morgan fingerprint density at radius 3 is 2.36 bits per heavy atom. The van der Waals surface area contributed by atoms with Crippen LogP contribution in [0, 0.1) is 0 Å². The third-order valence-corrected chi connectivity index (χ3v) is 7.88. The van der Waals surface area contributed by atoms with E-state index in [1.54, 1.807) is 70.4 Å². The first-order valence-electron chi connectivity index (χ1n) is 13.9.